The van der Waals surface area contributed by atoms with Crippen molar-refractivity contribution in [1.29, 1.82) is 0 Å². The first-order valence-corrected chi connectivity index (χ1v) is 7.22. The number of aliphatic carboxylic acids is 1. The van der Waals surface area contributed by atoms with Crippen molar-refractivity contribution in [3.63, 3.8) is 0 Å². The summed E-state index contributed by atoms with van der Waals surface area (Å²) in [5.74, 6) is -0.819. The highest BCUT2D eigenvalue weighted by Crippen LogP contribution is 2.24. The van der Waals surface area contributed by atoms with Crippen molar-refractivity contribution in [1.82, 2.24) is 20.3 Å². The Balaban J connectivity index is 1.58. The number of hydrogen-bond donors (Lipinski definition) is 4. The Labute approximate surface area is 126 Å². The number of amides is 2. The highest BCUT2D eigenvalue weighted by atomic mass is 16.4. The molecule has 2 atom stereocenters. The molecule has 1 aliphatic carbocycles. The number of nitrogens with one attached hydrogen (secondary N) is 3. The topological polar surface area (TPSA) is 120 Å². The predicted octanol–water partition coefficient (Wildman–Crippen LogP) is 1.72. The molecular weight excluding hydrogens is 286 g/mol. The lowest BCUT2D eigenvalue weighted by molar-refractivity contribution is -0.143. The van der Waals surface area contributed by atoms with Crippen LogP contribution in [0.15, 0.2) is 18.5 Å². The maximum Gasteiger partial charge on any atom is 0.320 e. The lowest BCUT2D eigenvalue weighted by Gasteiger charge is -2.27. The Morgan fingerprint density at radius 3 is 3.05 bits per heavy atom. The molecule has 0 aliphatic heterocycles. The Morgan fingerprint density at radius 2 is 2.23 bits per heavy atom. The summed E-state index contributed by atoms with van der Waals surface area (Å²) in [5, 5.41) is 14.5. The molecule has 0 unspecified atom stereocenters. The van der Waals surface area contributed by atoms with Crippen molar-refractivity contribution < 1.29 is 14.7 Å². The van der Waals surface area contributed by atoms with Gasteiger partial charge in [-0.1, -0.05) is 6.42 Å². The van der Waals surface area contributed by atoms with Gasteiger partial charge in [-0.25, -0.2) is 14.8 Å². The molecule has 2 heterocycles. The molecule has 1 aliphatic rings. The van der Waals surface area contributed by atoms with E-state index in [1.165, 1.54) is 6.20 Å². The second kappa shape index (κ2) is 6.00. The molecule has 2 aromatic rings. The van der Waals surface area contributed by atoms with Crippen molar-refractivity contribution in [2.24, 2.45) is 5.92 Å². The first kappa shape index (κ1) is 14.3. The third-order valence-corrected chi connectivity index (χ3v) is 3.86. The van der Waals surface area contributed by atoms with Gasteiger partial charge >= 0.3 is 12.0 Å². The van der Waals surface area contributed by atoms with Crippen molar-refractivity contribution in [3.05, 3.63) is 18.5 Å². The van der Waals surface area contributed by atoms with Gasteiger partial charge in [-0.15, -0.1) is 0 Å². The lowest BCUT2D eigenvalue weighted by atomic mass is 9.86. The van der Waals surface area contributed by atoms with Gasteiger partial charge in [0.25, 0.3) is 0 Å². The van der Waals surface area contributed by atoms with E-state index in [0.717, 1.165) is 12.8 Å². The summed E-state index contributed by atoms with van der Waals surface area (Å²) in [6, 6.07) is 1.25. The van der Waals surface area contributed by atoms with E-state index >= 15 is 0 Å². The molecule has 0 saturated heterocycles. The minimum absolute atomic E-state index is 0.126. The Hall–Kier alpha value is -2.64. The lowest BCUT2D eigenvalue weighted by Crippen LogP contribution is -2.42. The molecule has 4 N–H and O–H groups in total. The van der Waals surface area contributed by atoms with E-state index in [-0.39, 0.29) is 18.0 Å². The molecule has 3 rings (SSSR count). The molecule has 8 heteroatoms. The van der Waals surface area contributed by atoms with E-state index < -0.39 is 5.97 Å². The third-order valence-electron chi connectivity index (χ3n) is 3.86. The summed E-state index contributed by atoms with van der Waals surface area (Å²) in [7, 11) is 0. The zero-order chi connectivity index (χ0) is 15.5. The summed E-state index contributed by atoms with van der Waals surface area (Å²) in [4.78, 5) is 34.3. The van der Waals surface area contributed by atoms with Gasteiger partial charge in [-0.05, 0) is 25.3 Å². The highest BCUT2D eigenvalue weighted by Gasteiger charge is 2.27. The summed E-state index contributed by atoms with van der Waals surface area (Å²) in [6.07, 6.45) is 5.93. The second-order valence-corrected chi connectivity index (χ2v) is 5.46. The number of aromatic nitrogens is 3. The van der Waals surface area contributed by atoms with Crippen LogP contribution in [0.3, 0.4) is 0 Å². The fourth-order valence-corrected chi connectivity index (χ4v) is 2.77. The first-order valence-electron chi connectivity index (χ1n) is 7.22. The van der Waals surface area contributed by atoms with Crippen LogP contribution in [0, 0.1) is 5.92 Å². The predicted molar refractivity (Wildman–Crippen MR) is 79.4 cm³/mol. The zero-order valence-electron chi connectivity index (χ0n) is 11.9. The maximum atomic E-state index is 12.0. The van der Waals surface area contributed by atoms with Crippen LogP contribution < -0.4 is 10.6 Å². The van der Waals surface area contributed by atoms with E-state index in [4.69, 9.17) is 5.11 Å². The average molecular weight is 303 g/mol. The third kappa shape index (κ3) is 3.16. The number of carboxylic acid groups (broad SMARTS) is 1. The van der Waals surface area contributed by atoms with Crippen LogP contribution in [0.25, 0.3) is 11.2 Å². The van der Waals surface area contributed by atoms with Crippen LogP contribution in [0.2, 0.25) is 0 Å². The number of carboxylic acids is 1. The molecule has 116 valence electrons. The summed E-state index contributed by atoms with van der Waals surface area (Å²) >= 11 is 0. The van der Waals surface area contributed by atoms with Crippen LogP contribution in [0.5, 0.6) is 0 Å². The van der Waals surface area contributed by atoms with Crippen molar-refractivity contribution in [3.8, 4) is 0 Å². The summed E-state index contributed by atoms with van der Waals surface area (Å²) in [6.45, 7) is 0. The van der Waals surface area contributed by atoms with Crippen molar-refractivity contribution in [2.45, 2.75) is 31.7 Å². The maximum absolute atomic E-state index is 12.0. The minimum Gasteiger partial charge on any atom is -0.481 e. The van der Waals surface area contributed by atoms with E-state index in [9.17, 15) is 9.59 Å². The van der Waals surface area contributed by atoms with Gasteiger partial charge in [0.2, 0.25) is 0 Å². The quantitative estimate of drug-likeness (QED) is 0.688. The van der Waals surface area contributed by atoms with Gasteiger partial charge in [0.1, 0.15) is 5.52 Å². The van der Waals surface area contributed by atoms with Gasteiger partial charge in [0, 0.05) is 12.2 Å². The van der Waals surface area contributed by atoms with Crippen molar-refractivity contribution in [2.75, 3.05) is 5.32 Å². The number of H-pyrrole nitrogens is 1. The van der Waals surface area contributed by atoms with Gasteiger partial charge < -0.3 is 15.4 Å². The molecular formula is C14H17N5O3. The number of aromatic amines is 1. The molecule has 0 aromatic carbocycles. The van der Waals surface area contributed by atoms with E-state index in [1.54, 1.807) is 12.3 Å². The largest absolute Gasteiger partial charge is 0.481 e. The first-order chi connectivity index (χ1) is 10.6. The van der Waals surface area contributed by atoms with Gasteiger partial charge in [-0.2, -0.15) is 0 Å². The van der Waals surface area contributed by atoms with Crippen LogP contribution in [0.1, 0.15) is 25.7 Å². The molecule has 2 aromatic heterocycles. The number of fused-ring (bicyclic) bond motifs is 1. The standard InChI is InChI=1S/C14H17N5O3/c20-13(21)8-2-1-3-9(6-8)17-14(22)19-11-7-16-12-10(18-11)4-5-15-12/h4-5,7-9H,1-3,6H2,(H,15,16)(H,20,21)(H2,17,18,19,22)/t8-,9-/m0/s1. The number of rotatable bonds is 3. The van der Waals surface area contributed by atoms with Gasteiger partial charge in [0.15, 0.2) is 11.5 Å². The number of carbonyl (C=O) groups is 2. The van der Waals surface area contributed by atoms with E-state index in [2.05, 4.69) is 25.6 Å². The molecule has 8 nitrogen and oxygen atoms in total. The number of nitrogens with zero attached hydrogens (tertiary/aromatic N) is 2. The van der Waals surface area contributed by atoms with Crippen LogP contribution >= 0.6 is 0 Å². The Morgan fingerprint density at radius 1 is 1.36 bits per heavy atom. The van der Waals surface area contributed by atoms with E-state index in [0.29, 0.717) is 29.8 Å². The number of hydrogen-bond acceptors (Lipinski definition) is 4. The van der Waals surface area contributed by atoms with Gasteiger partial charge in [-0.3, -0.25) is 10.1 Å². The Bertz CT molecular complexity index is 699. The summed E-state index contributed by atoms with van der Waals surface area (Å²) in [5.41, 5.74) is 1.32. The van der Waals surface area contributed by atoms with Crippen molar-refractivity contribution >= 4 is 29.0 Å². The molecule has 0 radical (unpaired) electrons. The fraction of sp³-hybridized carbons (Fsp3) is 0.429. The molecule has 22 heavy (non-hydrogen) atoms. The minimum atomic E-state index is -0.796. The molecule has 1 fully saturated rings. The fourth-order valence-electron chi connectivity index (χ4n) is 2.77. The highest BCUT2D eigenvalue weighted by molar-refractivity contribution is 5.89. The molecule has 0 spiro atoms. The summed E-state index contributed by atoms with van der Waals surface area (Å²) < 4.78 is 0. The van der Waals surface area contributed by atoms with Crippen LogP contribution in [-0.4, -0.2) is 38.1 Å². The second-order valence-electron chi connectivity index (χ2n) is 5.46. The zero-order valence-corrected chi connectivity index (χ0v) is 11.9. The van der Waals surface area contributed by atoms with Crippen LogP contribution in [-0.2, 0) is 4.79 Å². The monoisotopic (exact) mass is 303 g/mol. The molecule has 0 bridgehead atoms. The normalized spacial score (nSPS) is 21.5. The van der Waals surface area contributed by atoms with Crippen LogP contribution in [0.4, 0.5) is 10.6 Å². The molecule has 1 saturated carbocycles. The number of anilines is 1. The smallest absolute Gasteiger partial charge is 0.320 e. The SMILES string of the molecule is O=C(Nc1cnc2[nH]ccc2n1)N[C@H]1CCC[C@H](C(=O)O)C1. The Kier molecular flexibility index (Phi) is 3.90. The molecule has 2 amide bonds. The number of carbonyl (C=O) groups excluding carboxylic acids is 1. The van der Waals surface area contributed by atoms with E-state index in [1.807, 2.05) is 0 Å². The average Bonchev–Trinajstić information content (AvgIpc) is 2.95. The number of urea groups is 1. The van der Waals surface area contributed by atoms with Gasteiger partial charge in [0.05, 0.1) is 12.1 Å².